The molecule has 6 aromatic rings. The standard InChI is InChI=1S/C108H132N4O19P2/c113-101(93-59-71(47-53-89(93)105(117)118)45-43-69-23-7-1-8-24-69)109-73-27-19-31-77(61-73)127-83-51-57-100(133(126,87-39-15-5-16-40-87)88-41-17-6-18-42-88)98(67-83)131-80-34-22-30-76(64-80)112-104(116)96-66-82(50-56-92(96)108(123)124)129-81-49-55-91(107(121)122)95(65-81)103(115)111-74-28-20-32-78(62-74)128-84-52-58-99(132(125,85-35-11-3-12-36-85)86-37-13-4-14-38-86)97(68-84)130-79-33-21-29-75(63-79)110-102(114)94-60-72(48-54-90(94)106(119)120)46-44-70-25-9-2-10-26-70/h1-18,23-26,35-42,71-84,89-100H,19-22,27-34,47-68H2,(H,109,113)(H,110,114)(H,111,115)(H,112,116)(H,117,118)(H,119,120)(H,121,122)(H,123,124). The second-order valence-electron chi connectivity index (χ2n) is 39.8. The van der Waals surface area contributed by atoms with E-state index in [-0.39, 0.29) is 122 Å². The fourth-order valence-corrected chi connectivity index (χ4v) is 31.1. The number of hydrogen-bond donors (Lipinski definition) is 8. The first kappa shape index (κ1) is 96.6. The minimum absolute atomic E-state index is 0.111. The lowest BCUT2D eigenvalue weighted by Crippen LogP contribution is -2.50. The quantitative estimate of drug-likeness (QED) is 0.0167. The third-order valence-electron chi connectivity index (χ3n) is 31.0. The van der Waals surface area contributed by atoms with Gasteiger partial charge in [-0.2, -0.15) is 0 Å². The fourth-order valence-electron chi connectivity index (χ4n) is 24.2. The molecule has 0 aliphatic heterocycles. The summed E-state index contributed by atoms with van der Waals surface area (Å²) in [6.07, 6.45) is 13.8. The number of carbonyl (C=O) groups excluding carboxylic acids is 4. The smallest absolute Gasteiger partial charge is 0.307 e. The molecule has 26 atom stereocenters. The Kier molecular flexibility index (Phi) is 33.0. The average Bonchev–Trinajstić information content (AvgIpc) is 0.753. The normalized spacial score (nSPS) is 32.7. The minimum atomic E-state index is -3.42. The van der Waals surface area contributed by atoms with E-state index in [2.05, 4.69) is 44.9 Å². The number of nitrogens with one attached hydrogen (secondary N) is 4. The molecule has 10 saturated carbocycles. The van der Waals surface area contributed by atoms with E-state index in [0.29, 0.717) is 154 Å². The molecule has 23 nitrogen and oxygen atoms in total. The maximum Gasteiger partial charge on any atom is 0.307 e. The summed E-state index contributed by atoms with van der Waals surface area (Å²) in [4.78, 5) is 110. The zero-order chi connectivity index (χ0) is 92.5. The summed E-state index contributed by atoms with van der Waals surface area (Å²) < 4.78 is 68.7. The monoisotopic (exact) mass is 1850 g/mol. The highest BCUT2D eigenvalue weighted by atomic mass is 31.2. The Morgan fingerprint density at radius 3 is 0.782 bits per heavy atom. The van der Waals surface area contributed by atoms with Gasteiger partial charge < -0.3 is 74.5 Å². The summed E-state index contributed by atoms with van der Waals surface area (Å²) in [7, 11) is -6.82. The first-order valence-corrected chi connectivity index (χ1v) is 53.0. The average molecular weight is 1850 g/mol. The Hall–Kier alpha value is -9.54. The van der Waals surface area contributed by atoms with Crippen molar-refractivity contribution in [3.8, 4) is 23.7 Å². The van der Waals surface area contributed by atoms with Gasteiger partial charge in [0.05, 0.1) is 108 Å². The van der Waals surface area contributed by atoms with Crippen molar-refractivity contribution in [3.63, 3.8) is 0 Å². The van der Waals surface area contributed by atoms with Gasteiger partial charge in [0.1, 0.15) is 14.3 Å². The number of ether oxygens (including phenoxy) is 5. The molecule has 26 unspecified atom stereocenters. The van der Waals surface area contributed by atoms with Gasteiger partial charge in [-0.25, -0.2) is 0 Å². The topological polar surface area (TPSA) is 346 Å². The summed E-state index contributed by atoms with van der Waals surface area (Å²) in [5, 5.41) is 58.3. The van der Waals surface area contributed by atoms with Crippen molar-refractivity contribution in [2.45, 2.75) is 315 Å². The lowest BCUT2D eigenvalue weighted by atomic mass is 9.73. The molecule has 0 aromatic heterocycles. The third-order valence-corrected chi connectivity index (χ3v) is 38.3. The Morgan fingerprint density at radius 2 is 0.496 bits per heavy atom. The minimum Gasteiger partial charge on any atom is -0.481 e. The largest absolute Gasteiger partial charge is 0.481 e. The molecule has 8 N–H and O–H groups in total. The van der Waals surface area contributed by atoms with E-state index < -0.39 is 121 Å². The van der Waals surface area contributed by atoms with Crippen molar-refractivity contribution in [1.29, 1.82) is 0 Å². The van der Waals surface area contributed by atoms with Crippen molar-refractivity contribution < 1.29 is 91.6 Å². The zero-order valence-electron chi connectivity index (χ0n) is 76.2. The van der Waals surface area contributed by atoms with E-state index in [1.807, 2.05) is 182 Å². The van der Waals surface area contributed by atoms with E-state index in [9.17, 15) is 58.8 Å². The Balaban J connectivity index is 0.542. The SMILES string of the molecule is O=C(O)C1CCC(C#Cc2ccccc2)CC1C(=O)NC1CCCC(OC2CCC(P(=O)(c3ccccc3)c3ccccc3)C(OC3CCCC(NC(=O)C4CC(OC5CCC(C(=O)O)C(C(=O)NC6CCCC(OC7CCC(P(=O)(c8ccccc8)c8ccccc8)C(OC8CCCC(NC(=O)C9CC(C#Cc%10ccccc%10)CCC9C(=O)O)C8)C7)C6)C5)CCC4C(=O)O)C3)C2)C1. The van der Waals surface area contributed by atoms with Gasteiger partial charge in [-0.05, 0) is 230 Å². The van der Waals surface area contributed by atoms with Gasteiger partial charge in [-0.1, -0.05) is 181 Å². The molecule has 25 heteroatoms. The van der Waals surface area contributed by atoms with Gasteiger partial charge >= 0.3 is 23.9 Å². The van der Waals surface area contributed by atoms with Gasteiger partial charge in [-0.15, -0.1) is 0 Å². The van der Waals surface area contributed by atoms with Crippen LogP contribution in [0.4, 0.5) is 0 Å². The maximum absolute atomic E-state index is 16.5. The molecule has 0 bridgehead atoms. The van der Waals surface area contributed by atoms with E-state index in [0.717, 1.165) is 70.9 Å². The highest BCUT2D eigenvalue weighted by Crippen LogP contribution is 2.58. The molecule has 0 heterocycles. The van der Waals surface area contributed by atoms with E-state index in [1.165, 1.54) is 0 Å². The summed E-state index contributed by atoms with van der Waals surface area (Å²) in [6, 6.07) is 56.6. The van der Waals surface area contributed by atoms with Crippen LogP contribution in [0.15, 0.2) is 182 Å². The number of benzene rings is 6. The number of hydrogen-bond acceptors (Lipinski definition) is 15. The van der Waals surface area contributed by atoms with Crippen molar-refractivity contribution >= 4 is 83.0 Å². The van der Waals surface area contributed by atoms with Crippen molar-refractivity contribution in [1.82, 2.24) is 21.3 Å². The summed E-state index contributed by atoms with van der Waals surface area (Å²) in [6.45, 7) is 0. The van der Waals surface area contributed by atoms with Crippen LogP contribution in [-0.4, -0.2) is 164 Å². The molecule has 0 saturated heterocycles. The number of aliphatic carboxylic acids is 4. The molecule has 10 fully saturated rings. The van der Waals surface area contributed by atoms with Crippen molar-refractivity contribution in [2.24, 2.45) is 59.2 Å². The van der Waals surface area contributed by atoms with Crippen LogP contribution in [0.25, 0.3) is 0 Å². The molecule has 0 spiro atoms. The first-order chi connectivity index (χ1) is 64.5. The van der Waals surface area contributed by atoms with E-state index in [4.69, 9.17) is 23.7 Å². The second-order valence-corrected chi connectivity index (χ2v) is 45.8. The molecule has 708 valence electrons. The summed E-state index contributed by atoms with van der Waals surface area (Å²) >= 11 is 0. The van der Waals surface area contributed by atoms with Crippen LogP contribution in [-0.2, 0) is 71.2 Å². The molecule has 0 radical (unpaired) electrons. The van der Waals surface area contributed by atoms with Gasteiger partial charge in [0.25, 0.3) is 0 Å². The highest BCUT2D eigenvalue weighted by molar-refractivity contribution is 7.79. The fraction of sp³-hybridized carbons (Fsp3) is 0.556. The summed E-state index contributed by atoms with van der Waals surface area (Å²) in [5.41, 5.74) is 0.874. The first-order valence-electron chi connectivity index (χ1n) is 49.5. The Labute approximate surface area is 782 Å². The molecule has 10 aliphatic carbocycles. The van der Waals surface area contributed by atoms with Crippen LogP contribution >= 0.6 is 14.3 Å². The molecular formula is C108H132N4O19P2. The van der Waals surface area contributed by atoms with Gasteiger partial charge in [-0.3, -0.25) is 38.4 Å². The predicted octanol–water partition coefficient (Wildman–Crippen LogP) is 15.5. The molecule has 133 heavy (non-hydrogen) atoms. The molecule has 16 rings (SSSR count). The lowest BCUT2D eigenvalue weighted by molar-refractivity contribution is -0.157. The van der Waals surface area contributed by atoms with Crippen LogP contribution < -0.4 is 42.5 Å². The van der Waals surface area contributed by atoms with Crippen molar-refractivity contribution in [2.75, 3.05) is 0 Å². The third kappa shape index (κ3) is 24.3. The van der Waals surface area contributed by atoms with Crippen LogP contribution in [0.3, 0.4) is 0 Å². The molecule has 4 amide bonds. The van der Waals surface area contributed by atoms with Gasteiger partial charge in [0.15, 0.2) is 0 Å². The van der Waals surface area contributed by atoms with E-state index in [1.54, 1.807) is 0 Å². The Bertz CT molecular complexity index is 5100. The van der Waals surface area contributed by atoms with E-state index >= 15 is 9.13 Å². The number of carbonyl (C=O) groups is 8. The predicted molar refractivity (Wildman–Crippen MR) is 507 cm³/mol. The van der Waals surface area contributed by atoms with Gasteiger partial charge in [0, 0.05) is 92.5 Å². The number of rotatable bonds is 28. The number of carboxylic acids is 4. The van der Waals surface area contributed by atoms with Crippen LogP contribution in [0.1, 0.15) is 229 Å². The highest BCUT2D eigenvalue weighted by Gasteiger charge is 2.52. The zero-order valence-corrected chi connectivity index (χ0v) is 78.0. The second kappa shape index (κ2) is 45.4. The molecular weight excluding hydrogens is 1720 g/mol. The summed E-state index contributed by atoms with van der Waals surface area (Å²) in [5.74, 6) is 0.501. The molecule has 10 aliphatic rings. The lowest BCUT2D eigenvalue weighted by Gasteiger charge is -2.44. The molecule has 6 aromatic carbocycles. The van der Waals surface area contributed by atoms with Crippen LogP contribution in [0.2, 0.25) is 0 Å². The maximum atomic E-state index is 16.5. The number of carboxylic acid groups (broad SMARTS) is 4. The number of amides is 4. The van der Waals surface area contributed by atoms with Crippen LogP contribution in [0.5, 0.6) is 0 Å². The van der Waals surface area contributed by atoms with Crippen molar-refractivity contribution in [3.05, 3.63) is 193 Å². The van der Waals surface area contributed by atoms with Crippen LogP contribution in [0, 0.1) is 82.9 Å². The van der Waals surface area contributed by atoms with Gasteiger partial charge in [0.2, 0.25) is 23.6 Å². The Morgan fingerprint density at radius 1 is 0.256 bits per heavy atom.